The van der Waals surface area contributed by atoms with Crippen molar-refractivity contribution in [2.45, 2.75) is 87.8 Å². The second-order valence-electron chi connectivity index (χ2n) is 12.0. The van der Waals surface area contributed by atoms with Gasteiger partial charge in [0.1, 0.15) is 5.82 Å². The highest BCUT2D eigenvalue weighted by Gasteiger charge is 2.56. The summed E-state index contributed by atoms with van der Waals surface area (Å²) in [5.74, 6) is -0.872. The van der Waals surface area contributed by atoms with E-state index in [4.69, 9.17) is 0 Å². The Balaban J connectivity index is 1.54. The normalized spacial score (nSPS) is 29.4. The first kappa shape index (κ1) is 29.0. The fourth-order valence-electron chi connectivity index (χ4n) is 7.10. The number of aryl methyl sites for hydroxylation is 2. The van der Waals surface area contributed by atoms with Crippen LogP contribution in [0.4, 0.5) is 22.0 Å². The van der Waals surface area contributed by atoms with Gasteiger partial charge >= 0.3 is 6.18 Å². The number of likely N-dealkylation sites (tertiary alicyclic amines) is 1. The Labute approximate surface area is 231 Å². The number of alkyl halides is 4. The molecule has 0 aromatic heterocycles. The van der Waals surface area contributed by atoms with E-state index in [0.717, 1.165) is 11.1 Å². The van der Waals surface area contributed by atoms with Crippen molar-refractivity contribution in [2.24, 2.45) is 5.92 Å². The summed E-state index contributed by atoms with van der Waals surface area (Å²) in [6.07, 6.45) is -2.69. The van der Waals surface area contributed by atoms with Crippen LogP contribution >= 0.6 is 0 Å². The molecule has 0 saturated carbocycles. The third-order valence-corrected chi connectivity index (χ3v) is 11.8. The minimum atomic E-state index is -5.07. The Hall–Kier alpha value is -2.49. The van der Waals surface area contributed by atoms with Gasteiger partial charge in [-0.25, -0.2) is 17.2 Å². The Morgan fingerprint density at radius 3 is 2.48 bits per heavy atom. The second kappa shape index (κ2) is 9.81. The zero-order valence-electron chi connectivity index (χ0n) is 22.8. The zero-order valence-corrected chi connectivity index (χ0v) is 23.6. The number of hydrogen-bond acceptors (Lipinski definition) is 3. The SMILES string of the molecule is Cc1cc(CC23CCN(C(=O)C4CCS(=O)(=O)C(C)C4)C2CCc2cc(C(C)(F)C(F)(F)F)ccc23)ccc1F. The topological polar surface area (TPSA) is 54.5 Å². The number of benzene rings is 2. The molecule has 2 fully saturated rings. The van der Waals surface area contributed by atoms with E-state index in [-0.39, 0.29) is 36.4 Å². The number of sulfone groups is 1. The van der Waals surface area contributed by atoms with Crippen molar-refractivity contribution in [2.75, 3.05) is 12.3 Å². The molecule has 218 valence electrons. The summed E-state index contributed by atoms with van der Waals surface area (Å²) in [5.41, 5.74) is -1.86. The molecule has 3 aliphatic rings. The molecule has 2 aromatic rings. The summed E-state index contributed by atoms with van der Waals surface area (Å²) in [5, 5.41) is -0.598. The summed E-state index contributed by atoms with van der Waals surface area (Å²) >= 11 is 0. The summed E-state index contributed by atoms with van der Waals surface area (Å²) < 4.78 is 94.0. The molecule has 10 heteroatoms. The first-order valence-corrected chi connectivity index (χ1v) is 15.4. The van der Waals surface area contributed by atoms with Crippen molar-refractivity contribution in [3.63, 3.8) is 0 Å². The van der Waals surface area contributed by atoms with Gasteiger partial charge in [0.2, 0.25) is 11.6 Å². The molecular formula is C30H34F5NO3S. The van der Waals surface area contributed by atoms with E-state index in [9.17, 15) is 35.2 Å². The van der Waals surface area contributed by atoms with Crippen molar-refractivity contribution in [1.29, 1.82) is 0 Å². The predicted molar refractivity (Wildman–Crippen MR) is 142 cm³/mol. The molecule has 0 N–H and O–H groups in total. The molecule has 0 bridgehead atoms. The summed E-state index contributed by atoms with van der Waals surface area (Å²) in [7, 11) is -3.21. The average molecular weight is 584 g/mol. The van der Waals surface area contributed by atoms with Gasteiger partial charge in [-0.2, -0.15) is 13.2 Å². The molecule has 4 nitrogen and oxygen atoms in total. The lowest BCUT2D eigenvalue weighted by molar-refractivity contribution is -0.228. The first-order chi connectivity index (χ1) is 18.6. The number of halogens is 5. The van der Waals surface area contributed by atoms with Gasteiger partial charge in [-0.15, -0.1) is 0 Å². The molecule has 0 radical (unpaired) electrons. The number of fused-ring (bicyclic) bond motifs is 3. The van der Waals surface area contributed by atoms with Crippen molar-refractivity contribution in [3.05, 3.63) is 70.0 Å². The van der Waals surface area contributed by atoms with E-state index in [1.54, 1.807) is 32.0 Å². The Morgan fingerprint density at radius 1 is 1.10 bits per heavy atom. The molecule has 5 atom stereocenters. The van der Waals surface area contributed by atoms with Crippen LogP contribution in [-0.2, 0) is 38.6 Å². The molecule has 2 saturated heterocycles. The minimum absolute atomic E-state index is 0.0319. The lowest BCUT2D eigenvalue weighted by Gasteiger charge is -2.45. The Bertz CT molecular complexity index is 1440. The maximum absolute atomic E-state index is 14.9. The Morgan fingerprint density at radius 2 is 1.82 bits per heavy atom. The van der Waals surface area contributed by atoms with E-state index in [0.29, 0.717) is 50.3 Å². The lowest BCUT2D eigenvalue weighted by atomic mass is 9.63. The molecule has 2 heterocycles. The maximum atomic E-state index is 14.9. The smallest absolute Gasteiger partial charge is 0.339 e. The van der Waals surface area contributed by atoms with E-state index in [2.05, 4.69) is 0 Å². The van der Waals surface area contributed by atoms with Crippen molar-refractivity contribution in [3.8, 4) is 0 Å². The highest BCUT2D eigenvalue weighted by atomic mass is 32.2. The molecule has 5 unspecified atom stereocenters. The van der Waals surface area contributed by atoms with E-state index in [1.165, 1.54) is 18.2 Å². The number of nitrogens with zero attached hydrogens (tertiary/aromatic N) is 1. The standard InChI is InChI=1S/C30H34F5NO3S/c1-18-14-20(4-8-25(18)31)17-29-11-12-36(27(37)22-10-13-40(38,39)19(2)15-22)26(29)9-5-21-16-23(6-7-24(21)29)28(3,32)30(33,34)35/h4,6-8,14,16,19,22,26H,5,9-13,15,17H2,1-3H3. The largest absolute Gasteiger partial charge is 0.426 e. The van der Waals surface area contributed by atoms with Gasteiger partial charge in [-0.3, -0.25) is 4.79 Å². The monoisotopic (exact) mass is 583 g/mol. The Kier molecular flexibility index (Phi) is 7.12. The molecule has 5 rings (SSSR count). The zero-order chi connectivity index (χ0) is 29.3. The maximum Gasteiger partial charge on any atom is 0.426 e. The van der Waals surface area contributed by atoms with Crippen molar-refractivity contribution < 1.29 is 35.2 Å². The average Bonchev–Trinajstić information content (AvgIpc) is 3.25. The lowest BCUT2D eigenvalue weighted by Crippen LogP contribution is -2.51. The number of rotatable bonds is 4. The summed E-state index contributed by atoms with van der Waals surface area (Å²) in [4.78, 5) is 15.7. The van der Waals surface area contributed by atoms with Crippen molar-refractivity contribution in [1.82, 2.24) is 4.90 Å². The summed E-state index contributed by atoms with van der Waals surface area (Å²) in [6.45, 7) is 4.25. The quantitative estimate of drug-likeness (QED) is 0.408. The molecule has 1 aliphatic carbocycles. The third-order valence-electron chi connectivity index (χ3n) is 9.57. The highest BCUT2D eigenvalue weighted by molar-refractivity contribution is 7.92. The van der Waals surface area contributed by atoms with Crippen LogP contribution in [0, 0.1) is 18.7 Å². The van der Waals surface area contributed by atoms with Gasteiger partial charge in [0.25, 0.3) is 0 Å². The number of carbonyl (C=O) groups excluding carboxylic acids is 1. The van der Waals surface area contributed by atoms with Gasteiger partial charge in [-0.05, 0) is 93.2 Å². The van der Waals surface area contributed by atoms with Gasteiger partial charge in [0.15, 0.2) is 9.84 Å². The van der Waals surface area contributed by atoms with Gasteiger partial charge < -0.3 is 4.90 Å². The van der Waals surface area contributed by atoms with Gasteiger partial charge in [0, 0.05) is 23.9 Å². The van der Waals surface area contributed by atoms with Crippen molar-refractivity contribution >= 4 is 15.7 Å². The fraction of sp³-hybridized carbons (Fsp3) is 0.567. The van der Waals surface area contributed by atoms with Crippen LogP contribution in [0.15, 0.2) is 36.4 Å². The van der Waals surface area contributed by atoms with Crippen LogP contribution in [0.1, 0.15) is 67.3 Å². The molecular weight excluding hydrogens is 549 g/mol. The van der Waals surface area contributed by atoms with Crippen LogP contribution in [0.2, 0.25) is 0 Å². The second-order valence-corrected chi connectivity index (χ2v) is 14.6. The van der Waals surface area contributed by atoms with E-state index in [1.807, 2.05) is 4.90 Å². The van der Waals surface area contributed by atoms with Crippen LogP contribution in [-0.4, -0.2) is 49.0 Å². The van der Waals surface area contributed by atoms with Crippen LogP contribution in [0.3, 0.4) is 0 Å². The van der Waals surface area contributed by atoms with E-state index >= 15 is 0 Å². The van der Waals surface area contributed by atoms with Crippen LogP contribution in [0.25, 0.3) is 0 Å². The molecule has 1 amide bonds. The van der Waals surface area contributed by atoms with Gasteiger partial charge in [-0.1, -0.05) is 30.3 Å². The van der Waals surface area contributed by atoms with Crippen LogP contribution < -0.4 is 0 Å². The van der Waals surface area contributed by atoms with Crippen LogP contribution in [0.5, 0.6) is 0 Å². The summed E-state index contributed by atoms with van der Waals surface area (Å²) in [6, 6.07) is 8.67. The highest BCUT2D eigenvalue weighted by Crippen LogP contribution is 2.51. The number of carbonyl (C=O) groups is 1. The first-order valence-electron chi connectivity index (χ1n) is 13.7. The molecule has 2 aromatic carbocycles. The third kappa shape index (κ3) is 4.73. The molecule has 40 heavy (non-hydrogen) atoms. The molecule has 2 aliphatic heterocycles. The number of amides is 1. The minimum Gasteiger partial charge on any atom is -0.339 e. The molecule has 0 spiro atoms. The predicted octanol–water partition coefficient (Wildman–Crippen LogP) is 6.12. The van der Waals surface area contributed by atoms with Gasteiger partial charge in [0.05, 0.1) is 11.0 Å². The number of hydrogen-bond donors (Lipinski definition) is 0. The fourth-order valence-corrected chi connectivity index (χ4v) is 8.64. The van der Waals surface area contributed by atoms with E-state index < -0.39 is 43.8 Å².